The van der Waals surface area contributed by atoms with Crippen molar-refractivity contribution < 1.29 is 14.3 Å². The molecule has 0 aliphatic rings. The number of nitrogens with two attached hydrogens (primary N) is 1. The molecule has 2 N–H and O–H groups in total. The molecular weight excluding hydrogens is 354 g/mol. The third-order valence-electron chi connectivity index (χ3n) is 3.64. The van der Waals surface area contributed by atoms with Gasteiger partial charge in [-0.3, -0.25) is 0 Å². The summed E-state index contributed by atoms with van der Waals surface area (Å²) in [6, 6.07) is 16.0. The molecule has 134 valence electrons. The fourth-order valence-corrected chi connectivity index (χ4v) is 2.57. The van der Waals surface area contributed by atoms with Gasteiger partial charge < -0.3 is 15.2 Å². The minimum atomic E-state index is -0.517. The van der Waals surface area contributed by atoms with E-state index >= 15 is 0 Å². The number of benzene rings is 2. The van der Waals surface area contributed by atoms with E-state index in [-0.39, 0.29) is 12.3 Å². The number of aromatic nitrogens is 2. The Morgan fingerprint density at radius 1 is 1.19 bits per heavy atom. The lowest BCUT2D eigenvalue weighted by molar-refractivity contribution is 0.0518. The van der Waals surface area contributed by atoms with Crippen molar-refractivity contribution in [3.8, 4) is 11.6 Å². The summed E-state index contributed by atoms with van der Waals surface area (Å²) in [7, 11) is 0. The first-order chi connectivity index (χ1) is 12.6. The van der Waals surface area contributed by atoms with Gasteiger partial charge in [0.25, 0.3) is 0 Å². The molecule has 0 aliphatic carbocycles. The van der Waals surface area contributed by atoms with E-state index in [4.69, 9.17) is 26.8 Å². The van der Waals surface area contributed by atoms with Crippen molar-refractivity contribution in [2.45, 2.75) is 13.5 Å². The van der Waals surface area contributed by atoms with Crippen LogP contribution in [0.3, 0.4) is 0 Å². The highest BCUT2D eigenvalue weighted by molar-refractivity contribution is 6.31. The highest BCUT2D eigenvalue weighted by atomic mass is 35.5. The van der Waals surface area contributed by atoms with Crippen LogP contribution in [-0.2, 0) is 11.3 Å². The number of para-hydroxylation sites is 2. The first-order valence-electron chi connectivity index (χ1n) is 8.09. The van der Waals surface area contributed by atoms with Crippen LogP contribution >= 0.6 is 11.6 Å². The highest BCUT2D eigenvalue weighted by Crippen LogP contribution is 2.29. The predicted octanol–water partition coefficient (Wildman–Crippen LogP) is 4.14. The normalized spacial score (nSPS) is 10.5. The second-order valence-corrected chi connectivity index (χ2v) is 5.88. The maximum Gasteiger partial charge on any atom is 0.358 e. The lowest BCUT2D eigenvalue weighted by Crippen LogP contribution is -2.08. The topological polar surface area (TPSA) is 79.4 Å². The standard InChI is InChI=1S/C19H18ClN3O3/c1-2-25-19(24)16-11-18(26-17-10-6-5-9-15(17)21)23(22-16)12-13-7-3-4-8-14(13)20/h3-11H,2,12,21H2,1H3. The van der Waals surface area contributed by atoms with Crippen LogP contribution in [0.15, 0.2) is 54.6 Å². The van der Waals surface area contributed by atoms with Crippen molar-refractivity contribution in [3.05, 3.63) is 70.9 Å². The maximum absolute atomic E-state index is 12.0. The van der Waals surface area contributed by atoms with Crippen molar-refractivity contribution in [2.75, 3.05) is 12.3 Å². The third-order valence-corrected chi connectivity index (χ3v) is 4.01. The number of nitrogen functional groups attached to an aromatic ring is 1. The van der Waals surface area contributed by atoms with E-state index < -0.39 is 5.97 Å². The minimum absolute atomic E-state index is 0.156. The Morgan fingerprint density at radius 3 is 2.65 bits per heavy atom. The number of halogens is 1. The Hall–Kier alpha value is -2.99. The first-order valence-corrected chi connectivity index (χ1v) is 8.47. The minimum Gasteiger partial charge on any atom is -0.461 e. The van der Waals surface area contributed by atoms with E-state index in [2.05, 4.69) is 5.10 Å². The molecule has 6 nitrogen and oxygen atoms in total. The Morgan fingerprint density at radius 2 is 1.92 bits per heavy atom. The zero-order chi connectivity index (χ0) is 18.5. The van der Waals surface area contributed by atoms with Crippen LogP contribution in [0.5, 0.6) is 11.6 Å². The second kappa shape index (κ2) is 7.93. The van der Waals surface area contributed by atoms with Crippen LogP contribution < -0.4 is 10.5 Å². The van der Waals surface area contributed by atoms with Gasteiger partial charge in [-0.25, -0.2) is 9.48 Å². The average Bonchev–Trinajstić information content (AvgIpc) is 3.02. The van der Waals surface area contributed by atoms with Gasteiger partial charge >= 0.3 is 5.97 Å². The molecule has 2 aromatic carbocycles. The molecule has 1 heterocycles. The number of nitrogens with zero attached hydrogens (tertiary/aromatic N) is 2. The molecule has 7 heteroatoms. The largest absolute Gasteiger partial charge is 0.461 e. The zero-order valence-corrected chi connectivity index (χ0v) is 14.9. The molecule has 3 aromatic rings. The van der Waals surface area contributed by atoms with Crippen LogP contribution in [-0.4, -0.2) is 22.4 Å². The summed E-state index contributed by atoms with van der Waals surface area (Å²) in [5.74, 6) is 0.324. The molecular formula is C19H18ClN3O3. The molecule has 0 aliphatic heterocycles. The van der Waals surface area contributed by atoms with Gasteiger partial charge in [0.2, 0.25) is 5.88 Å². The van der Waals surface area contributed by atoms with Crippen LogP contribution in [0.1, 0.15) is 23.0 Å². The predicted molar refractivity (Wildman–Crippen MR) is 99.7 cm³/mol. The molecule has 0 spiro atoms. The van der Waals surface area contributed by atoms with E-state index in [1.54, 1.807) is 29.8 Å². The molecule has 0 unspecified atom stereocenters. The number of hydrogen-bond acceptors (Lipinski definition) is 5. The fourth-order valence-electron chi connectivity index (χ4n) is 2.37. The molecule has 26 heavy (non-hydrogen) atoms. The zero-order valence-electron chi connectivity index (χ0n) is 14.2. The lowest BCUT2D eigenvalue weighted by atomic mass is 10.2. The first kappa shape index (κ1) is 17.8. The third kappa shape index (κ3) is 3.97. The molecule has 0 atom stereocenters. The van der Waals surface area contributed by atoms with Crippen LogP contribution in [0.2, 0.25) is 5.02 Å². The number of ether oxygens (including phenoxy) is 2. The maximum atomic E-state index is 12.0. The van der Waals surface area contributed by atoms with Gasteiger partial charge in [0.05, 0.1) is 18.8 Å². The molecule has 1 aromatic heterocycles. The molecule has 0 bridgehead atoms. The SMILES string of the molecule is CCOC(=O)c1cc(Oc2ccccc2N)n(Cc2ccccc2Cl)n1. The molecule has 0 amide bonds. The number of carbonyl (C=O) groups excluding carboxylic acids is 1. The second-order valence-electron chi connectivity index (χ2n) is 5.48. The van der Waals surface area contributed by atoms with E-state index in [9.17, 15) is 4.79 Å². The number of carbonyl (C=O) groups is 1. The smallest absolute Gasteiger partial charge is 0.358 e. The summed E-state index contributed by atoms with van der Waals surface area (Å²) < 4.78 is 12.5. The van der Waals surface area contributed by atoms with Gasteiger partial charge in [0, 0.05) is 11.1 Å². The number of esters is 1. The van der Waals surface area contributed by atoms with Gasteiger partial charge in [-0.05, 0) is 30.7 Å². The highest BCUT2D eigenvalue weighted by Gasteiger charge is 2.18. The lowest BCUT2D eigenvalue weighted by Gasteiger charge is -2.11. The van der Waals surface area contributed by atoms with Crippen molar-refractivity contribution in [1.82, 2.24) is 9.78 Å². The van der Waals surface area contributed by atoms with Gasteiger partial charge in [0.1, 0.15) is 0 Å². The summed E-state index contributed by atoms with van der Waals surface area (Å²) in [5, 5.41) is 4.91. The van der Waals surface area contributed by atoms with E-state index in [0.717, 1.165) is 5.56 Å². The van der Waals surface area contributed by atoms with Gasteiger partial charge in [-0.15, -0.1) is 0 Å². The van der Waals surface area contributed by atoms with Gasteiger partial charge in [0.15, 0.2) is 11.4 Å². The molecule has 0 saturated heterocycles. The van der Waals surface area contributed by atoms with E-state index in [1.165, 1.54) is 6.07 Å². The monoisotopic (exact) mass is 371 g/mol. The average molecular weight is 372 g/mol. The Kier molecular flexibility index (Phi) is 5.43. The van der Waals surface area contributed by atoms with Crippen molar-refractivity contribution in [1.29, 1.82) is 0 Å². The summed E-state index contributed by atoms with van der Waals surface area (Å²) in [4.78, 5) is 12.0. The van der Waals surface area contributed by atoms with Crippen LogP contribution in [0.25, 0.3) is 0 Å². The Bertz CT molecular complexity index is 859. The molecule has 0 radical (unpaired) electrons. The summed E-state index contributed by atoms with van der Waals surface area (Å²) in [5.41, 5.74) is 7.43. The van der Waals surface area contributed by atoms with E-state index in [1.807, 2.05) is 30.3 Å². The van der Waals surface area contributed by atoms with Crippen molar-refractivity contribution in [3.63, 3.8) is 0 Å². The number of hydrogen-bond donors (Lipinski definition) is 1. The number of anilines is 1. The molecule has 3 rings (SSSR count). The summed E-state index contributed by atoms with van der Waals surface area (Å²) >= 11 is 6.24. The van der Waals surface area contributed by atoms with Crippen molar-refractivity contribution in [2.24, 2.45) is 0 Å². The van der Waals surface area contributed by atoms with Crippen molar-refractivity contribution >= 4 is 23.3 Å². The quantitative estimate of drug-likeness (QED) is 0.520. The van der Waals surface area contributed by atoms with Gasteiger partial charge in [-0.1, -0.05) is 41.9 Å². The fraction of sp³-hybridized carbons (Fsp3) is 0.158. The Balaban J connectivity index is 1.96. The van der Waals surface area contributed by atoms with Crippen LogP contribution in [0, 0.1) is 0 Å². The van der Waals surface area contributed by atoms with E-state index in [0.29, 0.717) is 28.9 Å². The summed E-state index contributed by atoms with van der Waals surface area (Å²) in [6.45, 7) is 2.33. The number of rotatable bonds is 6. The molecule has 0 saturated carbocycles. The van der Waals surface area contributed by atoms with Gasteiger partial charge in [-0.2, -0.15) is 5.10 Å². The Labute approximate surface area is 156 Å². The summed E-state index contributed by atoms with van der Waals surface area (Å²) in [6.07, 6.45) is 0. The van der Waals surface area contributed by atoms with Crippen LogP contribution in [0.4, 0.5) is 5.69 Å². The molecule has 0 fully saturated rings.